The topological polar surface area (TPSA) is 35.0 Å². The van der Waals surface area contributed by atoms with Crippen molar-refractivity contribution in [3.05, 3.63) is 30.9 Å². The third-order valence-electron chi connectivity index (χ3n) is 1.13. The summed E-state index contributed by atoms with van der Waals surface area (Å²) in [7, 11) is 0. The molecule has 58 valence electrons. The molecule has 0 fully saturated rings. The zero-order valence-electron chi connectivity index (χ0n) is 6.45. The highest BCUT2D eigenvalue weighted by Crippen LogP contribution is 2.04. The molecule has 0 aliphatic heterocycles. The molecule has 3 nitrogen and oxygen atoms in total. The molecule has 0 aliphatic carbocycles. The summed E-state index contributed by atoms with van der Waals surface area (Å²) in [5.74, 6) is 1.42. The molecule has 0 radical (unpaired) electrons. The number of aryl methyl sites for hydroxylation is 1. The Kier molecular flexibility index (Phi) is 2.60. The van der Waals surface area contributed by atoms with E-state index in [0.29, 0.717) is 12.4 Å². The summed E-state index contributed by atoms with van der Waals surface area (Å²) in [6.45, 7) is 5.85. The molecule has 0 N–H and O–H groups in total. The highest BCUT2D eigenvalue weighted by Gasteiger charge is 1.91. The Morgan fingerprint density at radius 2 is 2.18 bits per heavy atom. The molecule has 1 heterocycles. The minimum Gasteiger partial charge on any atom is -0.486 e. The Bertz CT molecular complexity index is 230. The highest BCUT2D eigenvalue weighted by molar-refractivity contribution is 5.12. The van der Waals surface area contributed by atoms with Gasteiger partial charge in [-0.1, -0.05) is 12.7 Å². The van der Waals surface area contributed by atoms with Crippen molar-refractivity contribution >= 4 is 0 Å². The maximum absolute atomic E-state index is 5.17. The second-order valence-corrected chi connectivity index (χ2v) is 2.07. The first-order valence-electron chi connectivity index (χ1n) is 3.35. The predicted molar refractivity (Wildman–Crippen MR) is 42.5 cm³/mol. The average Bonchev–Trinajstić information content (AvgIpc) is 2.04. The lowest BCUT2D eigenvalue weighted by molar-refractivity contribution is 0.359. The van der Waals surface area contributed by atoms with Crippen molar-refractivity contribution in [1.29, 1.82) is 0 Å². The van der Waals surface area contributed by atoms with Gasteiger partial charge in [-0.3, -0.25) is 0 Å². The maximum Gasteiger partial charge on any atom is 0.156 e. The smallest absolute Gasteiger partial charge is 0.156 e. The van der Waals surface area contributed by atoms with Gasteiger partial charge in [-0.2, -0.15) is 0 Å². The van der Waals surface area contributed by atoms with Gasteiger partial charge in [0.1, 0.15) is 12.4 Å². The van der Waals surface area contributed by atoms with Crippen LogP contribution in [0.4, 0.5) is 0 Å². The maximum atomic E-state index is 5.17. The molecule has 0 aromatic carbocycles. The highest BCUT2D eigenvalue weighted by atomic mass is 16.5. The van der Waals surface area contributed by atoms with Crippen molar-refractivity contribution in [2.75, 3.05) is 6.61 Å². The van der Waals surface area contributed by atoms with Gasteiger partial charge in [-0.15, -0.1) is 0 Å². The second kappa shape index (κ2) is 3.71. The van der Waals surface area contributed by atoms with Crippen LogP contribution in [0.3, 0.4) is 0 Å². The second-order valence-electron chi connectivity index (χ2n) is 2.07. The van der Waals surface area contributed by atoms with Crippen molar-refractivity contribution in [2.45, 2.75) is 6.92 Å². The zero-order chi connectivity index (χ0) is 8.10. The van der Waals surface area contributed by atoms with Gasteiger partial charge in [0.15, 0.2) is 5.75 Å². The minimum absolute atomic E-state index is 0.492. The van der Waals surface area contributed by atoms with Crippen LogP contribution in [-0.4, -0.2) is 16.6 Å². The van der Waals surface area contributed by atoms with Crippen LogP contribution in [0.25, 0.3) is 0 Å². The lowest BCUT2D eigenvalue weighted by Gasteiger charge is -2.00. The van der Waals surface area contributed by atoms with Crippen molar-refractivity contribution in [2.24, 2.45) is 0 Å². The first-order chi connectivity index (χ1) is 5.33. The summed E-state index contributed by atoms with van der Waals surface area (Å²) in [4.78, 5) is 7.92. The van der Waals surface area contributed by atoms with E-state index in [-0.39, 0.29) is 0 Å². The fourth-order valence-electron chi connectivity index (χ4n) is 0.610. The Morgan fingerprint density at radius 3 is 2.73 bits per heavy atom. The number of hydrogen-bond donors (Lipinski definition) is 0. The van der Waals surface area contributed by atoms with E-state index in [1.807, 2.05) is 6.92 Å². The molecule has 11 heavy (non-hydrogen) atoms. The molecule has 0 spiro atoms. The molecule has 0 atom stereocenters. The summed E-state index contributed by atoms with van der Waals surface area (Å²) in [6, 6.07) is 0. The molecule has 0 saturated carbocycles. The third-order valence-corrected chi connectivity index (χ3v) is 1.13. The molecular formula is C8H10N2O. The van der Waals surface area contributed by atoms with Gasteiger partial charge in [0.05, 0.1) is 12.4 Å². The van der Waals surface area contributed by atoms with Crippen molar-refractivity contribution in [3.8, 4) is 5.75 Å². The summed E-state index contributed by atoms with van der Waals surface area (Å²) < 4.78 is 5.17. The predicted octanol–water partition coefficient (Wildman–Crippen LogP) is 1.35. The average molecular weight is 150 g/mol. The van der Waals surface area contributed by atoms with Gasteiger partial charge >= 0.3 is 0 Å². The van der Waals surface area contributed by atoms with Gasteiger partial charge in [0.25, 0.3) is 0 Å². The van der Waals surface area contributed by atoms with E-state index in [9.17, 15) is 0 Å². The molecular weight excluding hydrogens is 140 g/mol. The summed E-state index contributed by atoms with van der Waals surface area (Å²) in [5.41, 5.74) is 0. The molecule has 0 aliphatic rings. The minimum atomic E-state index is 0.492. The van der Waals surface area contributed by atoms with Crippen molar-refractivity contribution in [3.63, 3.8) is 0 Å². The van der Waals surface area contributed by atoms with E-state index in [1.165, 1.54) is 0 Å². The van der Waals surface area contributed by atoms with Crippen molar-refractivity contribution < 1.29 is 4.74 Å². The van der Waals surface area contributed by atoms with Crippen LogP contribution in [0.1, 0.15) is 5.82 Å². The Hall–Kier alpha value is -1.38. The van der Waals surface area contributed by atoms with Crippen LogP contribution < -0.4 is 4.74 Å². The summed E-state index contributed by atoms with van der Waals surface area (Å²) in [5, 5.41) is 0. The van der Waals surface area contributed by atoms with E-state index in [4.69, 9.17) is 4.74 Å². The van der Waals surface area contributed by atoms with Gasteiger partial charge in [0.2, 0.25) is 0 Å². The van der Waals surface area contributed by atoms with E-state index in [2.05, 4.69) is 16.5 Å². The lowest BCUT2D eigenvalue weighted by atomic mass is 10.5. The summed E-state index contributed by atoms with van der Waals surface area (Å²) >= 11 is 0. The molecule has 3 heteroatoms. The first-order valence-corrected chi connectivity index (χ1v) is 3.35. The zero-order valence-corrected chi connectivity index (χ0v) is 6.45. The SMILES string of the molecule is C=CCOc1cnc(C)nc1. The van der Waals surface area contributed by atoms with Crippen LogP contribution in [-0.2, 0) is 0 Å². The first kappa shape index (κ1) is 7.72. The fourth-order valence-corrected chi connectivity index (χ4v) is 0.610. The molecule has 0 unspecified atom stereocenters. The van der Waals surface area contributed by atoms with E-state index < -0.39 is 0 Å². The number of ether oxygens (including phenoxy) is 1. The molecule has 0 saturated heterocycles. The number of hydrogen-bond acceptors (Lipinski definition) is 3. The van der Waals surface area contributed by atoms with Crippen molar-refractivity contribution in [1.82, 2.24) is 9.97 Å². The molecule has 1 rings (SSSR count). The summed E-state index contributed by atoms with van der Waals surface area (Å²) in [6.07, 6.45) is 4.97. The van der Waals surface area contributed by atoms with E-state index >= 15 is 0 Å². The van der Waals surface area contributed by atoms with Crippen LogP contribution in [0.2, 0.25) is 0 Å². The van der Waals surface area contributed by atoms with Gasteiger partial charge in [0, 0.05) is 0 Å². The molecule has 1 aromatic rings. The van der Waals surface area contributed by atoms with Gasteiger partial charge in [-0.05, 0) is 6.92 Å². The van der Waals surface area contributed by atoms with Crippen LogP contribution in [0.15, 0.2) is 25.0 Å². The van der Waals surface area contributed by atoms with Gasteiger partial charge < -0.3 is 4.74 Å². The van der Waals surface area contributed by atoms with Gasteiger partial charge in [-0.25, -0.2) is 9.97 Å². The van der Waals surface area contributed by atoms with Crippen LogP contribution in [0, 0.1) is 6.92 Å². The van der Waals surface area contributed by atoms with E-state index in [0.717, 1.165) is 5.82 Å². The lowest BCUT2D eigenvalue weighted by Crippen LogP contribution is -1.95. The van der Waals surface area contributed by atoms with E-state index in [1.54, 1.807) is 18.5 Å². The number of rotatable bonds is 3. The van der Waals surface area contributed by atoms with Crippen LogP contribution in [0.5, 0.6) is 5.75 Å². The third kappa shape index (κ3) is 2.37. The number of nitrogens with zero attached hydrogens (tertiary/aromatic N) is 2. The Labute approximate surface area is 65.8 Å². The Morgan fingerprint density at radius 1 is 1.55 bits per heavy atom. The largest absolute Gasteiger partial charge is 0.486 e. The fraction of sp³-hybridized carbons (Fsp3) is 0.250. The standard InChI is InChI=1S/C8H10N2O/c1-3-4-11-8-5-9-7(2)10-6-8/h3,5-6H,1,4H2,2H3. The Balaban J connectivity index is 2.58. The van der Waals surface area contributed by atoms with Crippen LogP contribution >= 0.6 is 0 Å². The molecule has 0 bridgehead atoms. The normalized spacial score (nSPS) is 9.18. The molecule has 1 aromatic heterocycles. The monoisotopic (exact) mass is 150 g/mol. The quantitative estimate of drug-likeness (QED) is 0.610. The molecule has 0 amide bonds. The number of aromatic nitrogens is 2.